The Bertz CT molecular complexity index is 785. The Kier molecular flexibility index (Phi) is 3.36. The number of hydrogen-bond donors (Lipinski definition) is 1. The predicted molar refractivity (Wildman–Crippen MR) is 82.0 cm³/mol. The van der Waals surface area contributed by atoms with Gasteiger partial charge in [0.15, 0.2) is 5.82 Å². The van der Waals surface area contributed by atoms with E-state index in [1.165, 1.54) is 6.07 Å². The maximum atomic E-state index is 13.7. The smallest absolute Gasteiger partial charge is 0.162 e. The van der Waals surface area contributed by atoms with Crippen LogP contribution in [0.3, 0.4) is 0 Å². The normalized spacial score (nSPS) is 10.6. The molecule has 0 atom stereocenters. The average molecular weight is 279 g/mol. The molecule has 21 heavy (non-hydrogen) atoms. The second kappa shape index (κ2) is 5.32. The zero-order valence-corrected chi connectivity index (χ0v) is 11.5. The zero-order valence-electron chi connectivity index (χ0n) is 11.5. The third-order valence-corrected chi connectivity index (χ3v) is 3.32. The van der Waals surface area contributed by atoms with E-state index in [9.17, 15) is 4.39 Å². The molecule has 0 aliphatic carbocycles. The fourth-order valence-corrected chi connectivity index (χ4v) is 2.21. The largest absolute Gasteiger partial charge is 0.384 e. The topological polar surface area (TPSA) is 51.8 Å². The van der Waals surface area contributed by atoms with Gasteiger partial charge in [-0.05, 0) is 18.6 Å². The Hall–Kier alpha value is -2.75. The summed E-state index contributed by atoms with van der Waals surface area (Å²) in [5.74, 6) is 0.641. The van der Waals surface area contributed by atoms with Crippen LogP contribution in [0.15, 0.2) is 54.6 Å². The number of nitrogens with two attached hydrogens (primary N) is 1. The first-order chi connectivity index (χ1) is 10.1. The van der Waals surface area contributed by atoms with Gasteiger partial charge < -0.3 is 5.73 Å². The average Bonchev–Trinajstić information content (AvgIpc) is 2.50. The Morgan fingerprint density at radius 1 is 0.952 bits per heavy atom. The number of rotatable bonds is 2. The maximum Gasteiger partial charge on any atom is 0.162 e. The minimum absolute atomic E-state index is 0.258. The molecule has 1 heterocycles. The van der Waals surface area contributed by atoms with Crippen LogP contribution in [0.5, 0.6) is 0 Å². The molecule has 1 aromatic heterocycles. The van der Waals surface area contributed by atoms with Gasteiger partial charge in [0.2, 0.25) is 0 Å². The number of nitrogen functional groups attached to an aromatic ring is 1. The van der Waals surface area contributed by atoms with Crippen molar-refractivity contribution in [2.24, 2.45) is 0 Å². The first-order valence-electron chi connectivity index (χ1n) is 6.60. The van der Waals surface area contributed by atoms with Crippen LogP contribution in [-0.2, 0) is 0 Å². The molecule has 0 saturated carbocycles. The van der Waals surface area contributed by atoms with Crippen molar-refractivity contribution in [3.63, 3.8) is 0 Å². The van der Waals surface area contributed by atoms with Crippen molar-refractivity contribution in [3.05, 3.63) is 66.0 Å². The van der Waals surface area contributed by atoms with Crippen molar-refractivity contribution >= 4 is 5.82 Å². The molecule has 0 aliphatic rings. The van der Waals surface area contributed by atoms with Crippen molar-refractivity contribution in [2.45, 2.75) is 6.92 Å². The number of benzene rings is 2. The lowest BCUT2D eigenvalue weighted by Crippen LogP contribution is -1.99. The van der Waals surface area contributed by atoms with Gasteiger partial charge in [-0.25, -0.2) is 14.4 Å². The van der Waals surface area contributed by atoms with E-state index in [0.717, 1.165) is 11.1 Å². The number of hydrogen-bond acceptors (Lipinski definition) is 3. The third kappa shape index (κ3) is 2.60. The predicted octanol–water partition coefficient (Wildman–Crippen LogP) is 3.84. The highest BCUT2D eigenvalue weighted by molar-refractivity contribution is 5.69. The maximum absolute atomic E-state index is 13.7. The summed E-state index contributed by atoms with van der Waals surface area (Å²) in [6.07, 6.45) is 0. The van der Waals surface area contributed by atoms with E-state index in [1.54, 1.807) is 19.1 Å². The van der Waals surface area contributed by atoms with E-state index in [0.29, 0.717) is 22.9 Å². The quantitative estimate of drug-likeness (QED) is 0.775. The molecule has 0 fully saturated rings. The van der Waals surface area contributed by atoms with Gasteiger partial charge in [0.1, 0.15) is 11.6 Å². The molecule has 0 aliphatic heterocycles. The minimum atomic E-state index is -0.258. The molecule has 104 valence electrons. The second-order valence-corrected chi connectivity index (χ2v) is 4.78. The van der Waals surface area contributed by atoms with Crippen LogP contribution < -0.4 is 5.73 Å². The van der Waals surface area contributed by atoms with Crippen molar-refractivity contribution < 1.29 is 4.39 Å². The van der Waals surface area contributed by atoms with Gasteiger partial charge >= 0.3 is 0 Å². The standard InChI is InChI=1S/C17H14FN3/c1-11-13(8-5-9-14(11)18)15-10-16(19)21-17(20-15)12-6-3-2-4-7-12/h2-10H,1H3,(H2,19,20,21). The fraction of sp³-hybridized carbons (Fsp3) is 0.0588. The van der Waals surface area contributed by atoms with Crippen LogP contribution in [-0.4, -0.2) is 9.97 Å². The summed E-state index contributed by atoms with van der Waals surface area (Å²) < 4.78 is 13.7. The lowest BCUT2D eigenvalue weighted by Gasteiger charge is -2.09. The van der Waals surface area contributed by atoms with E-state index < -0.39 is 0 Å². The fourth-order valence-electron chi connectivity index (χ4n) is 2.21. The lowest BCUT2D eigenvalue weighted by molar-refractivity contribution is 0.619. The van der Waals surface area contributed by atoms with Gasteiger partial charge in [0.05, 0.1) is 5.69 Å². The first kappa shape index (κ1) is 13.2. The van der Waals surface area contributed by atoms with Crippen LogP contribution in [0, 0.1) is 12.7 Å². The number of nitrogens with zero attached hydrogens (tertiary/aromatic N) is 2. The van der Waals surface area contributed by atoms with Crippen molar-refractivity contribution in [2.75, 3.05) is 5.73 Å². The third-order valence-electron chi connectivity index (χ3n) is 3.32. The summed E-state index contributed by atoms with van der Waals surface area (Å²) in [4.78, 5) is 8.77. The van der Waals surface area contributed by atoms with Crippen LogP contribution in [0.1, 0.15) is 5.56 Å². The highest BCUT2D eigenvalue weighted by Gasteiger charge is 2.11. The van der Waals surface area contributed by atoms with Gasteiger partial charge in [0.25, 0.3) is 0 Å². The molecule has 3 nitrogen and oxygen atoms in total. The molecule has 0 amide bonds. The number of aromatic nitrogens is 2. The highest BCUT2D eigenvalue weighted by atomic mass is 19.1. The van der Waals surface area contributed by atoms with Gasteiger partial charge in [-0.2, -0.15) is 0 Å². The SMILES string of the molecule is Cc1c(F)cccc1-c1cc(N)nc(-c2ccccc2)n1. The van der Waals surface area contributed by atoms with Gasteiger partial charge in [0, 0.05) is 17.2 Å². The highest BCUT2D eigenvalue weighted by Crippen LogP contribution is 2.26. The van der Waals surface area contributed by atoms with Crippen molar-refractivity contribution in [1.29, 1.82) is 0 Å². The van der Waals surface area contributed by atoms with Crippen LogP contribution in [0.25, 0.3) is 22.6 Å². The monoisotopic (exact) mass is 279 g/mol. The molecule has 0 radical (unpaired) electrons. The first-order valence-corrected chi connectivity index (χ1v) is 6.60. The lowest BCUT2D eigenvalue weighted by atomic mass is 10.0. The van der Waals surface area contributed by atoms with Gasteiger partial charge in [-0.15, -0.1) is 0 Å². The molecule has 4 heteroatoms. The van der Waals surface area contributed by atoms with E-state index in [-0.39, 0.29) is 5.82 Å². The Morgan fingerprint density at radius 2 is 1.71 bits per heavy atom. The molecule has 3 aromatic rings. The van der Waals surface area contributed by atoms with Crippen LogP contribution in [0.2, 0.25) is 0 Å². The Balaban J connectivity index is 2.17. The molecular formula is C17H14FN3. The Labute approximate surface area is 122 Å². The molecule has 3 rings (SSSR count). The van der Waals surface area contributed by atoms with Gasteiger partial charge in [-0.1, -0.05) is 42.5 Å². The van der Waals surface area contributed by atoms with E-state index >= 15 is 0 Å². The summed E-state index contributed by atoms with van der Waals surface area (Å²) in [7, 11) is 0. The second-order valence-electron chi connectivity index (χ2n) is 4.78. The van der Waals surface area contributed by atoms with Crippen molar-refractivity contribution in [1.82, 2.24) is 9.97 Å². The molecule has 0 spiro atoms. The molecule has 0 saturated heterocycles. The minimum Gasteiger partial charge on any atom is -0.384 e. The number of anilines is 1. The van der Waals surface area contributed by atoms with Crippen LogP contribution >= 0.6 is 0 Å². The molecule has 0 bridgehead atoms. The zero-order chi connectivity index (χ0) is 14.8. The summed E-state index contributed by atoms with van der Waals surface area (Å²) >= 11 is 0. The van der Waals surface area contributed by atoms with E-state index in [2.05, 4.69) is 9.97 Å². The molecule has 2 N–H and O–H groups in total. The summed E-state index contributed by atoms with van der Waals surface area (Å²) in [6, 6.07) is 16.2. The summed E-state index contributed by atoms with van der Waals surface area (Å²) in [5.41, 5.74) is 8.65. The molecule has 2 aromatic carbocycles. The number of halogens is 1. The molecule has 0 unspecified atom stereocenters. The van der Waals surface area contributed by atoms with E-state index in [1.807, 2.05) is 36.4 Å². The summed E-state index contributed by atoms with van der Waals surface area (Å²) in [5, 5.41) is 0. The van der Waals surface area contributed by atoms with Crippen LogP contribution in [0.4, 0.5) is 10.2 Å². The van der Waals surface area contributed by atoms with Crippen molar-refractivity contribution in [3.8, 4) is 22.6 Å². The Morgan fingerprint density at radius 3 is 2.48 bits per heavy atom. The molecular weight excluding hydrogens is 265 g/mol. The summed E-state index contributed by atoms with van der Waals surface area (Å²) in [6.45, 7) is 1.73. The van der Waals surface area contributed by atoms with Gasteiger partial charge in [-0.3, -0.25) is 0 Å². The van der Waals surface area contributed by atoms with E-state index in [4.69, 9.17) is 5.73 Å².